The van der Waals surface area contributed by atoms with Crippen LogP contribution in [0.3, 0.4) is 0 Å². The van der Waals surface area contributed by atoms with Gasteiger partial charge in [0.1, 0.15) is 17.9 Å². The molecule has 1 heterocycles. The Morgan fingerprint density at radius 1 is 1.52 bits per heavy atom. The van der Waals surface area contributed by atoms with Crippen molar-refractivity contribution >= 4 is 67.5 Å². The number of halogens is 2. The number of nitrogens with one attached hydrogen (secondary N) is 2. The van der Waals surface area contributed by atoms with Crippen molar-refractivity contribution < 1.29 is 14.3 Å². The number of rotatable bonds is 6. The minimum atomic E-state index is -0.645. The van der Waals surface area contributed by atoms with Crippen LogP contribution in [-0.4, -0.2) is 30.6 Å². The minimum absolute atomic E-state index is 0.299. The number of thiophene rings is 1. The normalized spacial score (nSPS) is 12.8. The van der Waals surface area contributed by atoms with Crippen LogP contribution in [0.1, 0.15) is 20.8 Å². The number of hydrogen-bond donors (Lipinski definition) is 2. The van der Waals surface area contributed by atoms with E-state index in [9.17, 15) is 9.59 Å². The summed E-state index contributed by atoms with van der Waals surface area (Å²) in [6.07, 6.45) is 0.0710. The zero-order chi connectivity index (χ0) is 16.0. The second kappa shape index (κ2) is 8.52. The molecule has 0 saturated carbocycles. The molecule has 1 aromatic heterocycles. The van der Waals surface area contributed by atoms with Crippen molar-refractivity contribution in [3.8, 4) is 0 Å². The molecule has 1 amide bonds. The van der Waals surface area contributed by atoms with Gasteiger partial charge in [-0.2, -0.15) is 0 Å². The number of hydrogen-bond acceptors (Lipinski definition) is 6. The molecule has 0 aliphatic rings. The number of aldehydes is 1. The summed E-state index contributed by atoms with van der Waals surface area (Å²) < 4.78 is 10.2. The molecule has 0 aliphatic heterocycles. The zero-order valence-corrected chi connectivity index (χ0v) is 16.5. The van der Waals surface area contributed by atoms with Gasteiger partial charge in [-0.3, -0.25) is 4.72 Å². The van der Waals surface area contributed by atoms with Crippen LogP contribution in [0.5, 0.6) is 0 Å². The molecule has 21 heavy (non-hydrogen) atoms. The fourth-order valence-corrected chi connectivity index (χ4v) is 5.10. The summed E-state index contributed by atoms with van der Waals surface area (Å²) in [6, 6.07) is 1.32. The van der Waals surface area contributed by atoms with Gasteiger partial charge in [0.25, 0.3) is 0 Å². The molecule has 0 radical (unpaired) electrons. The Morgan fingerprint density at radius 2 is 2.19 bits per heavy atom. The third kappa shape index (κ3) is 7.64. The SMILES string of the molecule is CC(C)(C)OC(=O)NC(C=O)CNSc1cc(Br)sc1Br. The van der Waals surface area contributed by atoms with Crippen LogP contribution in [0.2, 0.25) is 0 Å². The van der Waals surface area contributed by atoms with Crippen LogP contribution in [0.15, 0.2) is 18.5 Å². The maximum atomic E-state index is 11.6. The van der Waals surface area contributed by atoms with Crippen LogP contribution >= 0.6 is 55.1 Å². The van der Waals surface area contributed by atoms with Crippen molar-refractivity contribution in [2.45, 2.75) is 37.3 Å². The molecule has 1 rings (SSSR count). The molecule has 5 nitrogen and oxygen atoms in total. The third-order valence-corrected chi connectivity index (χ3v) is 5.56. The van der Waals surface area contributed by atoms with E-state index < -0.39 is 17.7 Å². The highest BCUT2D eigenvalue weighted by atomic mass is 79.9. The molecule has 1 aromatic rings. The quantitative estimate of drug-likeness (QED) is 0.497. The Morgan fingerprint density at radius 3 is 2.67 bits per heavy atom. The number of amides is 1. The van der Waals surface area contributed by atoms with Gasteiger partial charge in [0, 0.05) is 11.4 Å². The third-order valence-electron chi connectivity index (χ3n) is 1.98. The summed E-state index contributed by atoms with van der Waals surface area (Å²) in [4.78, 5) is 23.6. The van der Waals surface area contributed by atoms with Crippen LogP contribution in [-0.2, 0) is 9.53 Å². The van der Waals surface area contributed by atoms with E-state index in [2.05, 4.69) is 41.9 Å². The Labute approximate surface area is 149 Å². The van der Waals surface area contributed by atoms with Crippen molar-refractivity contribution in [2.24, 2.45) is 0 Å². The van der Waals surface area contributed by atoms with Crippen LogP contribution in [0.25, 0.3) is 0 Å². The molecule has 0 fully saturated rings. The minimum Gasteiger partial charge on any atom is -0.444 e. The lowest BCUT2D eigenvalue weighted by Crippen LogP contribution is -2.44. The van der Waals surface area contributed by atoms with E-state index in [0.29, 0.717) is 12.8 Å². The molecule has 118 valence electrons. The van der Waals surface area contributed by atoms with Gasteiger partial charge in [0.2, 0.25) is 0 Å². The Balaban J connectivity index is 2.39. The number of carbonyl (C=O) groups is 2. The van der Waals surface area contributed by atoms with E-state index >= 15 is 0 Å². The first kappa shape index (κ1) is 19.0. The molecule has 0 saturated heterocycles. The first-order chi connectivity index (χ1) is 9.71. The average molecular weight is 460 g/mol. The summed E-state index contributed by atoms with van der Waals surface area (Å²) in [7, 11) is 0. The monoisotopic (exact) mass is 458 g/mol. The molecule has 2 N–H and O–H groups in total. The van der Waals surface area contributed by atoms with E-state index in [4.69, 9.17) is 4.74 Å². The standard InChI is InChI=1S/C12H16Br2N2O3S2/c1-12(2,3)19-11(18)16-7(6-17)5-15-21-8-4-9(13)20-10(8)14/h4,6-7,15H,5H2,1-3H3,(H,16,18). The van der Waals surface area contributed by atoms with Crippen molar-refractivity contribution in [1.82, 2.24) is 10.0 Å². The second-order valence-corrected chi connectivity index (χ2v) is 9.71. The lowest BCUT2D eigenvalue weighted by atomic mass is 10.2. The van der Waals surface area contributed by atoms with Crippen LogP contribution in [0, 0.1) is 0 Å². The molecule has 0 aliphatic carbocycles. The highest BCUT2D eigenvalue weighted by molar-refractivity contribution is 9.12. The van der Waals surface area contributed by atoms with E-state index in [-0.39, 0.29) is 0 Å². The van der Waals surface area contributed by atoms with E-state index in [1.807, 2.05) is 6.07 Å². The highest BCUT2D eigenvalue weighted by Gasteiger charge is 2.19. The van der Waals surface area contributed by atoms with Gasteiger partial charge >= 0.3 is 6.09 Å². The van der Waals surface area contributed by atoms with Crippen molar-refractivity contribution in [1.29, 1.82) is 0 Å². The molecule has 1 atom stereocenters. The van der Waals surface area contributed by atoms with Gasteiger partial charge in [0.15, 0.2) is 0 Å². The lowest BCUT2D eigenvalue weighted by Gasteiger charge is -2.21. The predicted octanol–water partition coefficient (Wildman–Crippen LogP) is 3.96. The fraction of sp³-hybridized carbons (Fsp3) is 0.500. The molecule has 0 bridgehead atoms. The zero-order valence-electron chi connectivity index (χ0n) is 11.7. The lowest BCUT2D eigenvalue weighted by molar-refractivity contribution is -0.109. The molecule has 0 spiro atoms. The van der Waals surface area contributed by atoms with Gasteiger partial charge in [-0.15, -0.1) is 11.3 Å². The summed E-state index contributed by atoms with van der Waals surface area (Å²) in [6.45, 7) is 5.60. The fourth-order valence-electron chi connectivity index (χ4n) is 1.20. The van der Waals surface area contributed by atoms with Crippen LogP contribution < -0.4 is 10.0 Å². The Kier molecular flexibility index (Phi) is 7.69. The van der Waals surface area contributed by atoms with Crippen molar-refractivity contribution in [2.75, 3.05) is 6.54 Å². The Bertz CT molecular complexity index is 503. The predicted molar refractivity (Wildman–Crippen MR) is 92.8 cm³/mol. The summed E-state index contributed by atoms with van der Waals surface area (Å²) >= 11 is 9.79. The van der Waals surface area contributed by atoms with E-state index in [1.54, 1.807) is 32.1 Å². The van der Waals surface area contributed by atoms with Gasteiger partial charge in [-0.25, -0.2) is 4.79 Å². The largest absolute Gasteiger partial charge is 0.444 e. The molecule has 9 heteroatoms. The number of alkyl carbamates (subject to hydrolysis) is 1. The van der Waals surface area contributed by atoms with Gasteiger partial charge < -0.3 is 14.8 Å². The maximum Gasteiger partial charge on any atom is 0.408 e. The number of ether oxygens (including phenoxy) is 1. The molecular weight excluding hydrogens is 444 g/mol. The van der Waals surface area contributed by atoms with Gasteiger partial charge in [-0.05, 0) is 70.6 Å². The second-order valence-electron chi connectivity index (χ2n) is 5.03. The van der Waals surface area contributed by atoms with E-state index in [0.717, 1.165) is 12.5 Å². The van der Waals surface area contributed by atoms with Crippen molar-refractivity contribution in [3.63, 3.8) is 0 Å². The topological polar surface area (TPSA) is 67.4 Å². The van der Waals surface area contributed by atoms with Gasteiger partial charge in [0.05, 0.1) is 7.57 Å². The van der Waals surface area contributed by atoms with Crippen molar-refractivity contribution in [3.05, 3.63) is 13.6 Å². The highest BCUT2D eigenvalue weighted by Crippen LogP contribution is 2.36. The maximum absolute atomic E-state index is 11.6. The molecule has 0 aromatic carbocycles. The first-order valence-corrected chi connectivity index (χ1v) is 9.22. The average Bonchev–Trinajstić information content (AvgIpc) is 2.64. The van der Waals surface area contributed by atoms with E-state index in [1.165, 1.54) is 11.9 Å². The number of carbonyl (C=O) groups excluding carboxylic acids is 2. The smallest absolute Gasteiger partial charge is 0.408 e. The van der Waals surface area contributed by atoms with Crippen LogP contribution in [0.4, 0.5) is 4.79 Å². The summed E-state index contributed by atoms with van der Waals surface area (Å²) in [5, 5.41) is 2.51. The molecule has 1 unspecified atom stereocenters. The summed E-state index contributed by atoms with van der Waals surface area (Å²) in [5.41, 5.74) is -0.590. The Hall–Kier alpha value is -0.0900. The summed E-state index contributed by atoms with van der Waals surface area (Å²) in [5.74, 6) is 0. The first-order valence-electron chi connectivity index (χ1n) is 6.00. The van der Waals surface area contributed by atoms with Gasteiger partial charge in [-0.1, -0.05) is 0 Å². The molecular formula is C12H16Br2N2O3S2.